The molecule has 2 aromatic carbocycles. The number of ether oxygens (including phenoxy) is 3. The smallest absolute Gasteiger partial charge is 0.332 e. The molecule has 4 rings (SSSR count). The lowest BCUT2D eigenvalue weighted by atomic mass is 10.2. The Morgan fingerprint density at radius 2 is 1.55 bits per heavy atom. The Morgan fingerprint density at radius 3 is 2.27 bits per heavy atom. The van der Waals surface area contributed by atoms with E-state index < -0.39 is 0 Å². The summed E-state index contributed by atoms with van der Waals surface area (Å²) >= 11 is 1.45. The van der Waals surface area contributed by atoms with Crippen LogP contribution in [0.3, 0.4) is 0 Å². The molecule has 0 unspecified atom stereocenters. The Labute approximate surface area is 199 Å². The zero-order valence-electron chi connectivity index (χ0n) is 19.5. The van der Waals surface area contributed by atoms with E-state index in [1.54, 1.807) is 31.7 Å². The third-order valence-electron chi connectivity index (χ3n) is 6.05. The fraction of sp³-hybridized carbons (Fsp3) is 0.458. The van der Waals surface area contributed by atoms with E-state index in [0.717, 1.165) is 61.9 Å². The molecule has 1 N–H and O–H groups in total. The molecule has 1 saturated heterocycles. The van der Waals surface area contributed by atoms with Gasteiger partial charge in [0.05, 0.1) is 37.6 Å². The molecular formula is C24H32N4O4S. The van der Waals surface area contributed by atoms with Crippen LogP contribution in [-0.2, 0) is 0 Å². The van der Waals surface area contributed by atoms with Crippen molar-refractivity contribution in [3.63, 3.8) is 0 Å². The first-order chi connectivity index (χ1) is 16.1. The quantitative estimate of drug-likeness (QED) is 0.434. The van der Waals surface area contributed by atoms with Crippen molar-refractivity contribution in [3.8, 4) is 17.2 Å². The van der Waals surface area contributed by atoms with Crippen molar-refractivity contribution in [1.82, 2.24) is 9.21 Å². The highest BCUT2D eigenvalue weighted by atomic mass is 32.2. The van der Waals surface area contributed by atoms with E-state index in [9.17, 15) is 4.79 Å². The van der Waals surface area contributed by atoms with Gasteiger partial charge in [0.2, 0.25) is 0 Å². The van der Waals surface area contributed by atoms with Crippen LogP contribution < -0.4 is 24.4 Å². The molecular weight excluding hydrogens is 440 g/mol. The number of methoxy groups -OCH3 is 3. The largest absolute Gasteiger partial charge is 0.495 e. The van der Waals surface area contributed by atoms with E-state index in [0.29, 0.717) is 18.0 Å². The van der Waals surface area contributed by atoms with Gasteiger partial charge in [-0.15, -0.1) is 0 Å². The number of para-hydroxylation sites is 2. The first kappa shape index (κ1) is 23.4. The molecule has 0 saturated carbocycles. The molecule has 0 radical (unpaired) electrons. The first-order valence-electron chi connectivity index (χ1n) is 11.3. The zero-order chi connectivity index (χ0) is 23.2. The minimum atomic E-state index is -0.0925. The van der Waals surface area contributed by atoms with Gasteiger partial charge in [0.25, 0.3) is 0 Å². The number of carbonyl (C=O) groups is 1. The summed E-state index contributed by atoms with van der Waals surface area (Å²) in [6.45, 7) is 5.80. The molecule has 178 valence electrons. The summed E-state index contributed by atoms with van der Waals surface area (Å²) in [7, 11) is 4.93. The molecule has 0 aliphatic carbocycles. The predicted octanol–water partition coefficient (Wildman–Crippen LogP) is 4.17. The van der Waals surface area contributed by atoms with Gasteiger partial charge in [0.1, 0.15) is 5.75 Å². The van der Waals surface area contributed by atoms with Crippen LogP contribution in [0.15, 0.2) is 41.3 Å². The maximum atomic E-state index is 12.5. The van der Waals surface area contributed by atoms with E-state index in [2.05, 4.69) is 27.2 Å². The Kier molecular flexibility index (Phi) is 7.72. The lowest BCUT2D eigenvalue weighted by Gasteiger charge is -2.36. The van der Waals surface area contributed by atoms with E-state index >= 15 is 0 Å². The maximum Gasteiger partial charge on any atom is 0.332 e. The zero-order valence-corrected chi connectivity index (χ0v) is 20.3. The number of nitrogens with zero attached hydrogens (tertiary/aromatic N) is 3. The molecule has 2 amide bonds. The van der Waals surface area contributed by atoms with Gasteiger partial charge in [-0.25, -0.2) is 4.79 Å². The number of carbonyl (C=O) groups excluding carboxylic acids is 1. The van der Waals surface area contributed by atoms with Crippen LogP contribution in [0.2, 0.25) is 0 Å². The second kappa shape index (κ2) is 10.9. The van der Waals surface area contributed by atoms with E-state index in [1.165, 1.54) is 17.6 Å². The number of fused-ring (bicyclic) bond motifs is 1. The second-order valence-electron chi connectivity index (χ2n) is 8.03. The minimum absolute atomic E-state index is 0.0925. The fourth-order valence-electron chi connectivity index (χ4n) is 4.21. The molecule has 9 heteroatoms. The third kappa shape index (κ3) is 5.42. The highest BCUT2D eigenvalue weighted by molar-refractivity contribution is 7.97. The number of rotatable bonds is 9. The summed E-state index contributed by atoms with van der Waals surface area (Å²) in [5, 5.41) is 2.96. The average Bonchev–Trinajstić information content (AvgIpc) is 2.86. The summed E-state index contributed by atoms with van der Waals surface area (Å²) in [5.74, 6) is 2.20. The summed E-state index contributed by atoms with van der Waals surface area (Å²) < 4.78 is 18.0. The number of benzene rings is 2. The Morgan fingerprint density at radius 1 is 0.879 bits per heavy atom. The standard InChI is InChI=1S/C24H32N4O4S/c1-30-20-9-5-4-8-19(20)27-14-12-26(13-15-27)10-6-7-11-28-24(29)25-18-16-21(31-2)22(32-3)17-23(18)33-28/h4-5,8-9,16-17H,6-7,10-15H2,1-3H3,(H,25,29). The Balaban J connectivity index is 1.22. The summed E-state index contributed by atoms with van der Waals surface area (Å²) in [6.07, 6.45) is 2.01. The number of hydrogen-bond donors (Lipinski definition) is 1. The Hall–Kier alpha value is -2.78. The third-order valence-corrected chi connectivity index (χ3v) is 7.15. The molecule has 2 heterocycles. The van der Waals surface area contributed by atoms with Gasteiger partial charge in [-0.1, -0.05) is 12.1 Å². The molecule has 2 aliphatic heterocycles. The van der Waals surface area contributed by atoms with Crippen LogP contribution in [0.1, 0.15) is 12.8 Å². The topological polar surface area (TPSA) is 66.5 Å². The van der Waals surface area contributed by atoms with Crippen LogP contribution in [0, 0.1) is 0 Å². The monoisotopic (exact) mass is 472 g/mol. The normalized spacial score (nSPS) is 16.3. The van der Waals surface area contributed by atoms with Gasteiger partial charge in [-0.05, 0) is 43.5 Å². The molecule has 33 heavy (non-hydrogen) atoms. The lowest BCUT2D eigenvalue weighted by Crippen LogP contribution is -2.46. The number of nitrogens with one attached hydrogen (secondary N) is 1. The predicted molar refractivity (Wildman–Crippen MR) is 132 cm³/mol. The second-order valence-corrected chi connectivity index (χ2v) is 9.10. The van der Waals surface area contributed by atoms with Crippen molar-refractivity contribution in [2.45, 2.75) is 17.7 Å². The SMILES string of the molecule is COc1cc2c(cc1OC)SN(CCCCN1CCN(c3ccccc3OC)CC1)C(=O)N2. The first-order valence-corrected chi connectivity index (χ1v) is 12.0. The van der Waals surface area contributed by atoms with Gasteiger partial charge in [-0.2, -0.15) is 0 Å². The molecule has 2 aliphatic rings. The van der Waals surface area contributed by atoms with Crippen LogP contribution in [0.25, 0.3) is 0 Å². The van der Waals surface area contributed by atoms with E-state index in [4.69, 9.17) is 14.2 Å². The van der Waals surface area contributed by atoms with Crippen LogP contribution in [0.5, 0.6) is 17.2 Å². The van der Waals surface area contributed by atoms with Crippen molar-refractivity contribution in [1.29, 1.82) is 0 Å². The van der Waals surface area contributed by atoms with Crippen molar-refractivity contribution in [2.75, 3.05) is 70.8 Å². The lowest BCUT2D eigenvalue weighted by molar-refractivity contribution is 0.233. The molecule has 0 aromatic heterocycles. The molecule has 0 spiro atoms. The van der Waals surface area contributed by atoms with Crippen molar-refractivity contribution in [3.05, 3.63) is 36.4 Å². The van der Waals surface area contributed by atoms with Gasteiger partial charge < -0.3 is 24.4 Å². The van der Waals surface area contributed by atoms with Crippen molar-refractivity contribution in [2.24, 2.45) is 0 Å². The fourth-order valence-corrected chi connectivity index (χ4v) is 5.17. The van der Waals surface area contributed by atoms with Crippen molar-refractivity contribution < 1.29 is 19.0 Å². The van der Waals surface area contributed by atoms with Gasteiger partial charge in [-0.3, -0.25) is 9.21 Å². The number of unbranched alkanes of at least 4 members (excludes halogenated alkanes) is 1. The molecule has 0 bridgehead atoms. The number of anilines is 2. The number of hydrogen-bond acceptors (Lipinski definition) is 7. The van der Waals surface area contributed by atoms with Gasteiger partial charge in [0, 0.05) is 44.9 Å². The van der Waals surface area contributed by atoms with Crippen LogP contribution >= 0.6 is 11.9 Å². The highest BCUT2D eigenvalue weighted by Crippen LogP contribution is 2.42. The summed E-state index contributed by atoms with van der Waals surface area (Å²) in [6, 6.07) is 11.8. The highest BCUT2D eigenvalue weighted by Gasteiger charge is 2.26. The van der Waals surface area contributed by atoms with E-state index in [1.807, 2.05) is 18.2 Å². The molecule has 0 atom stereocenters. The average molecular weight is 473 g/mol. The number of urea groups is 1. The summed E-state index contributed by atoms with van der Waals surface area (Å²) in [5.41, 5.74) is 1.93. The Bertz CT molecular complexity index is 965. The van der Waals surface area contributed by atoms with Gasteiger partial charge in [0.15, 0.2) is 11.5 Å². The maximum absolute atomic E-state index is 12.5. The van der Waals surface area contributed by atoms with Crippen LogP contribution in [-0.4, -0.2) is 75.8 Å². The van der Waals surface area contributed by atoms with Crippen LogP contribution in [0.4, 0.5) is 16.2 Å². The van der Waals surface area contributed by atoms with Gasteiger partial charge >= 0.3 is 6.03 Å². The minimum Gasteiger partial charge on any atom is -0.495 e. The van der Waals surface area contributed by atoms with Crippen molar-refractivity contribution >= 4 is 29.4 Å². The number of piperazine rings is 1. The molecule has 8 nitrogen and oxygen atoms in total. The van der Waals surface area contributed by atoms with E-state index in [-0.39, 0.29) is 6.03 Å². The summed E-state index contributed by atoms with van der Waals surface area (Å²) in [4.78, 5) is 18.4. The molecule has 1 fully saturated rings. The number of amides is 2. The molecule has 2 aromatic rings.